The molecule has 0 aromatic carbocycles. The second-order valence-electron chi connectivity index (χ2n) is 8.23. The molecule has 1 aliphatic heterocycles. The number of tetrazole rings is 1. The first kappa shape index (κ1) is 20.0. The number of rotatable bonds is 6. The van der Waals surface area contributed by atoms with Crippen LogP contribution in [-0.4, -0.2) is 62.2 Å². The van der Waals surface area contributed by atoms with Crippen LogP contribution in [0.15, 0.2) is 0 Å². The van der Waals surface area contributed by atoms with Crippen LogP contribution in [0, 0.1) is 0 Å². The maximum Gasteiger partial charge on any atom is 0.168 e. The van der Waals surface area contributed by atoms with Gasteiger partial charge in [-0.1, -0.05) is 39.0 Å². The van der Waals surface area contributed by atoms with E-state index in [2.05, 4.69) is 36.9 Å². The van der Waals surface area contributed by atoms with Crippen LogP contribution in [0.1, 0.15) is 89.0 Å². The zero-order valence-electron chi connectivity index (χ0n) is 16.2. The quantitative estimate of drug-likeness (QED) is 0.752. The third-order valence-electron chi connectivity index (χ3n) is 6.68. The van der Waals surface area contributed by atoms with Crippen LogP contribution < -0.4 is 0 Å². The van der Waals surface area contributed by atoms with Crippen molar-refractivity contribution in [2.75, 3.05) is 26.2 Å². The SMILES string of the molecule is CCCC(c1nnnn1C1CCCC1)N1CCN(C2CCCC2)CC1.Cl. The molecule has 0 amide bonds. The summed E-state index contributed by atoms with van der Waals surface area (Å²) in [6.07, 6.45) is 13.2. The lowest BCUT2D eigenvalue weighted by atomic mass is 10.1. The molecule has 0 bridgehead atoms. The molecule has 0 N–H and O–H groups in total. The van der Waals surface area contributed by atoms with Gasteiger partial charge in [-0.25, -0.2) is 4.68 Å². The number of piperazine rings is 1. The van der Waals surface area contributed by atoms with Crippen LogP contribution >= 0.6 is 12.4 Å². The lowest BCUT2D eigenvalue weighted by molar-refractivity contribution is 0.0619. The van der Waals surface area contributed by atoms with E-state index in [1.165, 1.54) is 84.0 Å². The summed E-state index contributed by atoms with van der Waals surface area (Å²) in [6, 6.07) is 1.78. The van der Waals surface area contributed by atoms with Gasteiger partial charge in [0.25, 0.3) is 0 Å². The van der Waals surface area contributed by atoms with E-state index in [9.17, 15) is 0 Å². The number of aromatic nitrogens is 4. The van der Waals surface area contributed by atoms with Gasteiger partial charge in [-0.2, -0.15) is 0 Å². The minimum atomic E-state index is 0. The maximum absolute atomic E-state index is 4.50. The van der Waals surface area contributed by atoms with Crippen molar-refractivity contribution in [3.63, 3.8) is 0 Å². The molecule has 1 saturated heterocycles. The van der Waals surface area contributed by atoms with Crippen molar-refractivity contribution in [3.8, 4) is 0 Å². The van der Waals surface area contributed by atoms with E-state index in [4.69, 9.17) is 0 Å². The smallest absolute Gasteiger partial charge is 0.168 e. The van der Waals surface area contributed by atoms with Crippen LogP contribution in [0.2, 0.25) is 0 Å². The molecule has 1 atom stereocenters. The van der Waals surface area contributed by atoms with Crippen molar-refractivity contribution in [3.05, 3.63) is 5.82 Å². The molecule has 0 radical (unpaired) electrons. The van der Waals surface area contributed by atoms with Crippen LogP contribution in [0.4, 0.5) is 0 Å². The predicted octanol–water partition coefficient (Wildman–Crippen LogP) is 3.61. The van der Waals surface area contributed by atoms with Crippen molar-refractivity contribution in [2.45, 2.75) is 89.3 Å². The zero-order valence-corrected chi connectivity index (χ0v) is 17.0. The number of hydrogen-bond donors (Lipinski definition) is 0. The van der Waals surface area contributed by atoms with Gasteiger partial charge in [0.2, 0.25) is 0 Å². The van der Waals surface area contributed by atoms with E-state index in [0.717, 1.165) is 18.3 Å². The van der Waals surface area contributed by atoms with E-state index in [0.29, 0.717) is 12.1 Å². The van der Waals surface area contributed by atoms with E-state index in [-0.39, 0.29) is 12.4 Å². The van der Waals surface area contributed by atoms with E-state index >= 15 is 0 Å². The summed E-state index contributed by atoms with van der Waals surface area (Å²) in [5, 5.41) is 13.0. The third-order valence-corrected chi connectivity index (χ3v) is 6.68. The van der Waals surface area contributed by atoms with Gasteiger partial charge >= 0.3 is 0 Å². The van der Waals surface area contributed by atoms with Crippen molar-refractivity contribution < 1.29 is 0 Å². The summed E-state index contributed by atoms with van der Waals surface area (Å²) in [5.74, 6) is 1.13. The summed E-state index contributed by atoms with van der Waals surface area (Å²) in [5.41, 5.74) is 0. The average Bonchev–Trinajstić information content (AvgIpc) is 3.42. The van der Waals surface area contributed by atoms with Gasteiger partial charge in [-0.3, -0.25) is 9.80 Å². The molecule has 1 aromatic heterocycles. The minimum absolute atomic E-state index is 0. The summed E-state index contributed by atoms with van der Waals surface area (Å²) in [4.78, 5) is 5.40. The Morgan fingerprint density at radius 3 is 2.15 bits per heavy atom. The molecule has 1 aromatic rings. The molecule has 2 saturated carbocycles. The van der Waals surface area contributed by atoms with Crippen LogP contribution in [0.3, 0.4) is 0 Å². The van der Waals surface area contributed by atoms with Crippen LogP contribution in [-0.2, 0) is 0 Å². The molecule has 3 aliphatic rings. The summed E-state index contributed by atoms with van der Waals surface area (Å²) >= 11 is 0. The Hall–Kier alpha value is -0.720. The fourth-order valence-corrected chi connectivity index (χ4v) is 5.26. The highest BCUT2D eigenvalue weighted by molar-refractivity contribution is 5.85. The summed E-state index contributed by atoms with van der Waals surface area (Å²) < 4.78 is 2.18. The van der Waals surface area contributed by atoms with Gasteiger partial charge in [0.15, 0.2) is 5.82 Å². The second kappa shape index (κ2) is 9.47. The van der Waals surface area contributed by atoms with E-state index < -0.39 is 0 Å². The predicted molar refractivity (Wildman–Crippen MR) is 106 cm³/mol. The van der Waals surface area contributed by atoms with Crippen LogP contribution in [0.25, 0.3) is 0 Å². The topological polar surface area (TPSA) is 50.1 Å². The Kier molecular flexibility index (Phi) is 7.29. The first-order chi connectivity index (χ1) is 12.4. The molecular formula is C19H35ClN6. The molecule has 3 fully saturated rings. The van der Waals surface area contributed by atoms with Crippen molar-refractivity contribution >= 4 is 12.4 Å². The first-order valence-corrected chi connectivity index (χ1v) is 10.6. The highest BCUT2D eigenvalue weighted by atomic mass is 35.5. The molecule has 0 spiro atoms. The summed E-state index contributed by atoms with van der Waals surface area (Å²) in [6.45, 7) is 7.05. The lowest BCUT2D eigenvalue weighted by Crippen LogP contribution is -2.50. The molecular weight excluding hydrogens is 348 g/mol. The molecule has 2 aliphatic carbocycles. The molecule has 1 unspecified atom stereocenters. The van der Waals surface area contributed by atoms with E-state index in [1.54, 1.807) is 0 Å². The molecule has 2 heterocycles. The fraction of sp³-hybridized carbons (Fsp3) is 0.947. The molecule has 26 heavy (non-hydrogen) atoms. The number of hydrogen-bond acceptors (Lipinski definition) is 5. The Morgan fingerprint density at radius 1 is 0.923 bits per heavy atom. The Labute approximate surface area is 164 Å². The first-order valence-electron chi connectivity index (χ1n) is 10.6. The second-order valence-corrected chi connectivity index (χ2v) is 8.23. The number of nitrogens with zero attached hydrogens (tertiary/aromatic N) is 6. The van der Waals surface area contributed by atoms with Gasteiger partial charge in [-0.05, 0) is 42.5 Å². The molecule has 148 valence electrons. The lowest BCUT2D eigenvalue weighted by Gasteiger charge is -2.41. The fourth-order valence-electron chi connectivity index (χ4n) is 5.26. The normalized spacial score (nSPS) is 24.8. The summed E-state index contributed by atoms with van der Waals surface area (Å²) in [7, 11) is 0. The highest BCUT2D eigenvalue weighted by Crippen LogP contribution is 2.33. The standard InChI is InChI=1S/C19H34N6.ClH/c1-2-7-18(19-20-21-22-25(19)17-10-5-6-11-17)24-14-12-23(13-15-24)16-8-3-4-9-16;/h16-18H,2-15H2,1H3;1H. The van der Waals surface area contributed by atoms with Gasteiger partial charge in [0, 0.05) is 32.2 Å². The van der Waals surface area contributed by atoms with Crippen molar-refractivity contribution in [1.29, 1.82) is 0 Å². The molecule has 7 heteroatoms. The average molecular weight is 383 g/mol. The Bertz CT molecular complexity index is 530. The van der Waals surface area contributed by atoms with Crippen molar-refractivity contribution in [1.82, 2.24) is 30.0 Å². The number of halogens is 1. The van der Waals surface area contributed by atoms with Gasteiger partial charge in [-0.15, -0.1) is 17.5 Å². The molecule has 6 nitrogen and oxygen atoms in total. The third kappa shape index (κ3) is 4.23. The van der Waals surface area contributed by atoms with Gasteiger partial charge < -0.3 is 0 Å². The highest BCUT2D eigenvalue weighted by Gasteiger charge is 2.33. The minimum Gasteiger partial charge on any atom is -0.298 e. The zero-order chi connectivity index (χ0) is 17.1. The Morgan fingerprint density at radius 2 is 1.54 bits per heavy atom. The van der Waals surface area contributed by atoms with Gasteiger partial charge in [0.1, 0.15) is 0 Å². The maximum atomic E-state index is 4.50. The monoisotopic (exact) mass is 382 g/mol. The Balaban J connectivity index is 0.00000196. The van der Waals surface area contributed by atoms with E-state index in [1.807, 2.05) is 0 Å². The van der Waals surface area contributed by atoms with Gasteiger partial charge in [0.05, 0.1) is 12.1 Å². The largest absolute Gasteiger partial charge is 0.298 e. The van der Waals surface area contributed by atoms with Crippen molar-refractivity contribution in [2.24, 2.45) is 0 Å². The molecule has 4 rings (SSSR count). The van der Waals surface area contributed by atoms with Crippen LogP contribution in [0.5, 0.6) is 0 Å².